The van der Waals surface area contributed by atoms with Gasteiger partial charge >= 0.3 is 6.18 Å². The van der Waals surface area contributed by atoms with E-state index in [0.717, 1.165) is 12.1 Å². The maximum atomic E-state index is 12.7. The van der Waals surface area contributed by atoms with Crippen molar-refractivity contribution in [3.05, 3.63) is 40.7 Å². The summed E-state index contributed by atoms with van der Waals surface area (Å²) in [5.41, 5.74) is 4.56. The van der Waals surface area contributed by atoms with Crippen molar-refractivity contribution in [2.24, 2.45) is 7.05 Å². The number of hydrogen-bond donors (Lipinski definition) is 2. The van der Waals surface area contributed by atoms with E-state index >= 15 is 0 Å². The largest absolute Gasteiger partial charge is 0.416 e. The maximum absolute atomic E-state index is 12.7. The number of halogens is 4. The molecule has 112 valence electrons. The van der Waals surface area contributed by atoms with Gasteiger partial charge in [0.05, 0.1) is 11.3 Å². The summed E-state index contributed by atoms with van der Waals surface area (Å²) in [5.74, 6) is -0.719. The number of benzene rings is 1. The molecule has 0 saturated heterocycles. The monoisotopic (exact) mass is 318 g/mol. The normalized spacial score (nSPS) is 11.5. The number of anilines is 2. The summed E-state index contributed by atoms with van der Waals surface area (Å²) in [4.78, 5) is 11.9. The predicted octanol–water partition coefficient (Wildman–Crippen LogP) is 2.93. The number of aryl methyl sites for hydroxylation is 1. The molecule has 0 bridgehead atoms. The first-order valence-electron chi connectivity index (χ1n) is 5.65. The molecule has 2 rings (SSSR count). The van der Waals surface area contributed by atoms with Gasteiger partial charge < -0.3 is 11.1 Å². The van der Waals surface area contributed by atoms with Gasteiger partial charge in [-0.15, -0.1) is 0 Å². The molecule has 0 aliphatic carbocycles. The third-order valence-electron chi connectivity index (χ3n) is 2.56. The number of nitrogens with zero attached hydrogens (tertiary/aromatic N) is 2. The van der Waals surface area contributed by atoms with Crippen LogP contribution in [-0.4, -0.2) is 15.7 Å². The summed E-state index contributed by atoms with van der Waals surface area (Å²) in [7, 11) is 1.56. The van der Waals surface area contributed by atoms with Crippen LogP contribution in [0.3, 0.4) is 0 Å². The number of nitrogen functional groups attached to an aromatic ring is 1. The smallest absolute Gasteiger partial charge is 0.396 e. The van der Waals surface area contributed by atoms with Gasteiger partial charge in [0.2, 0.25) is 0 Å². The van der Waals surface area contributed by atoms with E-state index in [1.54, 1.807) is 7.05 Å². The Hall–Kier alpha value is -2.22. The zero-order valence-corrected chi connectivity index (χ0v) is 11.5. The van der Waals surface area contributed by atoms with Gasteiger partial charge in [-0.3, -0.25) is 9.48 Å². The van der Waals surface area contributed by atoms with Crippen molar-refractivity contribution in [2.75, 3.05) is 11.1 Å². The molecule has 0 unspecified atom stereocenters. The van der Waals surface area contributed by atoms with Crippen LogP contribution in [0.15, 0.2) is 24.4 Å². The van der Waals surface area contributed by atoms with Crippen LogP contribution < -0.4 is 11.1 Å². The Morgan fingerprint density at radius 2 is 2.05 bits per heavy atom. The Labute approximate surface area is 122 Å². The van der Waals surface area contributed by atoms with Gasteiger partial charge in [0, 0.05) is 24.0 Å². The molecule has 21 heavy (non-hydrogen) atoms. The van der Waals surface area contributed by atoms with Crippen molar-refractivity contribution >= 4 is 28.9 Å². The van der Waals surface area contributed by atoms with Crippen molar-refractivity contribution < 1.29 is 18.0 Å². The van der Waals surface area contributed by atoms with Gasteiger partial charge in [-0.25, -0.2) is 0 Å². The molecule has 0 aliphatic heterocycles. The Morgan fingerprint density at radius 3 is 2.57 bits per heavy atom. The third kappa shape index (κ3) is 3.46. The molecule has 1 amide bonds. The first-order chi connectivity index (χ1) is 9.66. The van der Waals surface area contributed by atoms with E-state index in [4.69, 9.17) is 17.3 Å². The summed E-state index contributed by atoms with van der Waals surface area (Å²) < 4.78 is 39.3. The predicted molar refractivity (Wildman–Crippen MR) is 72.0 cm³/mol. The van der Waals surface area contributed by atoms with E-state index in [0.29, 0.717) is 0 Å². The lowest BCUT2D eigenvalue weighted by atomic mass is 10.2. The van der Waals surface area contributed by atoms with Crippen molar-refractivity contribution in [1.82, 2.24) is 9.78 Å². The molecule has 0 saturated carbocycles. The zero-order valence-electron chi connectivity index (χ0n) is 10.7. The molecule has 0 aliphatic rings. The molecule has 1 heterocycles. The summed E-state index contributed by atoms with van der Waals surface area (Å²) >= 11 is 5.63. The fourth-order valence-corrected chi connectivity index (χ4v) is 1.93. The Bertz CT molecular complexity index is 696. The minimum Gasteiger partial charge on any atom is -0.396 e. The zero-order chi connectivity index (χ0) is 15.8. The van der Waals surface area contributed by atoms with Crippen LogP contribution in [0.4, 0.5) is 24.5 Å². The molecule has 1 aromatic carbocycles. The van der Waals surface area contributed by atoms with E-state index in [1.165, 1.54) is 16.9 Å². The molecule has 3 N–H and O–H groups in total. The standard InChI is InChI=1S/C12H10ClF3N4O/c1-20-5-9(17)10(19-20)11(21)18-8-3-6(12(14,15)16)2-7(13)4-8/h2-5H,17H2,1H3,(H,18,21). The second-order valence-electron chi connectivity index (χ2n) is 4.29. The van der Waals surface area contributed by atoms with Gasteiger partial charge in [0.15, 0.2) is 5.69 Å². The van der Waals surface area contributed by atoms with Gasteiger partial charge in [0.25, 0.3) is 5.91 Å². The minimum atomic E-state index is -4.56. The molecule has 5 nitrogen and oxygen atoms in total. The first kappa shape index (κ1) is 15.2. The van der Waals surface area contributed by atoms with Crippen LogP contribution in [-0.2, 0) is 13.2 Å². The highest BCUT2D eigenvalue weighted by atomic mass is 35.5. The molecular weight excluding hydrogens is 309 g/mol. The SMILES string of the molecule is Cn1cc(N)c(C(=O)Nc2cc(Cl)cc(C(F)(F)F)c2)n1. The molecule has 0 spiro atoms. The van der Waals surface area contributed by atoms with E-state index in [2.05, 4.69) is 10.4 Å². The molecule has 2 aromatic rings. The Kier molecular flexibility index (Phi) is 3.82. The maximum Gasteiger partial charge on any atom is 0.416 e. The van der Waals surface area contributed by atoms with Crippen LogP contribution in [0, 0.1) is 0 Å². The number of amides is 1. The molecular formula is C12H10ClF3N4O. The molecule has 0 atom stereocenters. The number of hydrogen-bond acceptors (Lipinski definition) is 3. The van der Waals surface area contributed by atoms with E-state index in [-0.39, 0.29) is 22.1 Å². The molecule has 0 fully saturated rings. The number of rotatable bonds is 2. The Morgan fingerprint density at radius 1 is 1.38 bits per heavy atom. The van der Waals surface area contributed by atoms with Crippen molar-refractivity contribution in [1.29, 1.82) is 0 Å². The third-order valence-corrected chi connectivity index (χ3v) is 2.77. The summed E-state index contributed by atoms with van der Waals surface area (Å²) in [5, 5.41) is 5.97. The highest BCUT2D eigenvalue weighted by molar-refractivity contribution is 6.31. The lowest BCUT2D eigenvalue weighted by Crippen LogP contribution is -2.15. The molecule has 1 aromatic heterocycles. The number of nitrogens with one attached hydrogen (secondary N) is 1. The van der Waals surface area contributed by atoms with Gasteiger partial charge in [-0.05, 0) is 18.2 Å². The van der Waals surface area contributed by atoms with E-state index in [1.807, 2.05) is 0 Å². The average Bonchev–Trinajstić information content (AvgIpc) is 2.66. The van der Waals surface area contributed by atoms with Crippen LogP contribution in [0.25, 0.3) is 0 Å². The number of alkyl halides is 3. The van der Waals surface area contributed by atoms with Crippen molar-refractivity contribution in [3.8, 4) is 0 Å². The van der Waals surface area contributed by atoms with Gasteiger partial charge in [-0.1, -0.05) is 11.6 Å². The fraction of sp³-hybridized carbons (Fsp3) is 0.167. The second-order valence-corrected chi connectivity index (χ2v) is 4.72. The molecule has 9 heteroatoms. The lowest BCUT2D eigenvalue weighted by molar-refractivity contribution is -0.137. The van der Waals surface area contributed by atoms with Crippen LogP contribution in [0.2, 0.25) is 5.02 Å². The second kappa shape index (κ2) is 5.28. The van der Waals surface area contributed by atoms with Crippen LogP contribution >= 0.6 is 11.6 Å². The topological polar surface area (TPSA) is 72.9 Å². The van der Waals surface area contributed by atoms with Gasteiger partial charge in [-0.2, -0.15) is 18.3 Å². The van der Waals surface area contributed by atoms with Gasteiger partial charge in [0.1, 0.15) is 0 Å². The van der Waals surface area contributed by atoms with Crippen LogP contribution in [0.1, 0.15) is 16.1 Å². The lowest BCUT2D eigenvalue weighted by Gasteiger charge is -2.10. The van der Waals surface area contributed by atoms with E-state index in [9.17, 15) is 18.0 Å². The first-order valence-corrected chi connectivity index (χ1v) is 6.03. The average molecular weight is 319 g/mol. The number of aromatic nitrogens is 2. The fourth-order valence-electron chi connectivity index (χ4n) is 1.70. The number of carbonyl (C=O) groups is 1. The van der Waals surface area contributed by atoms with Crippen molar-refractivity contribution in [3.63, 3.8) is 0 Å². The summed E-state index contributed by atoms with van der Waals surface area (Å²) in [6.45, 7) is 0. The highest BCUT2D eigenvalue weighted by Crippen LogP contribution is 2.33. The number of carbonyl (C=O) groups excluding carboxylic acids is 1. The summed E-state index contributed by atoms with van der Waals surface area (Å²) in [6, 6.07) is 2.75. The van der Waals surface area contributed by atoms with E-state index < -0.39 is 17.6 Å². The molecule has 0 radical (unpaired) electrons. The summed E-state index contributed by atoms with van der Waals surface area (Å²) in [6.07, 6.45) is -3.15. The quantitative estimate of drug-likeness (QED) is 0.894. The Balaban J connectivity index is 2.29. The van der Waals surface area contributed by atoms with Crippen molar-refractivity contribution in [2.45, 2.75) is 6.18 Å². The highest BCUT2D eigenvalue weighted by Gasteiger charge is 2.31. The number of nitrogens with two attached hydrogens (primary N) is 1. The minimum absolute atomic E-state index is 0.0777. The van der Waals surface area contributed by atoms with Crippen LogP contribution in [0.5, 0.6) is 0 Å².